The Balaban J connectivity index is 1.61. The van der Waals surface area contributed by atoms with Crippen LogP contribution in [0.3, 0.4) is 0 Å². The number of nitrogens with one attached hydrogen (secondary N) is 1. The molecule has 1 atom stereocenters. The molecule has 1 saturated carbocycles. The van der Waals surface area contributed by atoms with Gasteiger partial charge in [0.15, 0.2) is 0 Å². The van der Waals surface area contributed by atoms with Crippen molar-refractivity contribution in [2.75, 3.05) is 26.2 Å². The van der Waals surface area contributed by atoms with E-state index in [0.717, 1.165) is 17.9 Å². The van der Waals surface area contributed by atoms with Crippen molar-refractivity contribution >= 4 is 0 Å². The van der Waals surface area contributed by atoms with Crippen LogP contribution in [0, 0.1) is 11.8 Å². The molecule has 0 aromatic carbocycles. The van der Waals surface area contributed by atoms with E-state index in [-0.39, 0.29) is 0 Å². The zero-order chi connectivity index (χ0) is 11.4. The first kappa shape index (κ1) is 12.4. The Hall–Kier alpha value is -0.0800. The van der Waals surface area contributed by atoms with E-state index in [0.29, 0.717) is 0 Å². The molecule has 1 aliphatic carbocycles. The molecule has 1 aliphatic heterocycles. The summed E-state index contributed by atoms with van der Waals surface area (Å²) >= 11 is 0. The minimum Gasteiger partial charge on any atom is -0.313 e. The van der Waals surface area contributed by atoms with Crippen LogP contribution in [0.25, 0.3) is 0 Å². The number of likely N-dealkylation sites (tertiary alicyclic amines) is 1. The smallest absolute Gasteiger partial charge is 0.0195 e. The van der Waals surface area contributed by atoms with E-state index in [2.05, 4.69) is 24.1 Å². The van der Waals surface area contributed by atoms with Crippen LogP contribution in [0.1, 0.15) is 46.0 Å². The third kappa shape index (κ3) is 4.42. The molecule has 0 aromatic heterocycles. The van der Waals surface area contributed by atoms with Gasteiger partial charge >= 0.3 is 0 Å². The van der Waals surface area contributed by atoms with Crippen LogP contribution in [0.5, 0.6) is 0 Å². The molecule has 1 unspecified atom stereocenters. The Kier molecular flexibility index (Phi) is 4.66. The van der Waals surface area contributed by atoms with Crippen LogP contribution >= 0.6 is 0 Å². The number of hydrogen-bond donors (Lipinski definition) is 1. The fourth-order valence-electron chi connectivity index (χ4n) is 2.63. The van der Waals surface area contributed by atoms with Crippen molar-refractivity contribution in [3.8, 4) is 0 Å². The molecule has 0 bridgehead atoms. The highest BCUT2D eigenvalue weighted by molar-refractivity contribution is 4.83. The zero-order valence-electron chi connectivity index (χ0n) is 11.0. The number of nitrogens with zero attached hydrogens (tertiary/aromatic N) is 1. The highest BCUT2D eigenvalue weighted by atomic mass is 15.2. The van der Waals surface area contributed by atoms with E-state index in [1.807, 2.05) is 0 Å². The van der Waals surface area contributed by atoms with Gasteiger partial charge in [-0.25, -0.2) is 0 Å². The summed E-state index contributed by atoms with van der Waals surface area (Å²) in [5.74, 6) is 1.88. The van der Waals surface area contributed by atoms with Crippen molar-refractivity contribution in [3.63, 3.8) is 0 Å². The Morgan fingerprint density at radius 2 is 2.06 bits per heavy atom. The Morgan fingerprint density at radius 1 is 1.25 bits per heavy atom. The lowest BCUT2D eigenvalue weighted by Gasteiger charge is -2.33. The average molecular weight is 224 g/mol. The van der Waals surface area contributed by atoms with Gasteiger partial charge < -0.3 is 10.2 Å². The summed E-state index contributed by atoms with van der Waals surface area (Å²) < 4.78 is 0. The van der Waals surface area contributed by atoms with Gasteiger partial charge in [0, 0.05) is 19.1 Å². The van der Waals surface area contributed by atoms with Crippen molar-refractivity contribution in [2.45, 2.75) is 52.0 Å². The van der Waals surface area contributed by atoms with E-state index >= 15 is 0 Å². The second-order valence-corrected chi connectivity index (χ2v) is 6.18. The first-order valence-electron chi connectivity index (χ1n) is 7.20. The van der Waals surface area contributed by atoms with Gasteiger partial charge in [-0.2, -0.15) is 0 Å². The zero-order valence-corrected chi connectivity index (χ0v) is 11.0. The molecule has 94 valence electrons. The Bertz CT molecular complexity index is 199. The third-order valence-corrected chi connectivity index (χ3v) is 3.87. The molecule has 2 rings (SSSR count). The minimum absolute atomic E-state index is 0.770. The predicted octanol–water partition coefficient (Wildman–Crippen LogP) is 2.50. The van der Waals surface area contributed by atoms with Gasteiger partial charge in [-0.15, -0.1) is 0 Å². The van der Waals surface area contributed by atoms with E-state index in [1.165, 1.54) is 58.3 Å². The van der Waals surface area contributed by atoms with Crippen molar-refractivity contribution in [2.24, 2.45) is 11.8 Å². The van der Waals surface area contributed by atoms with Gasteiger partial charge in [0.2, 0.25) is 0 Å². The maximum Gasteiger partial charge on any atom is 0.0195 e. The van der Waals surface area contributed by atoms with Crippen LogP contribution in [0.15, 0.2) is 0 Å². The summed E-state index contributed by atoms with van der Waals surface area (Å²) in [7, 11) is 0. The molecular weight excluding hydrogens is 196 g/mol. The molecule has 1 saturated heterocycles. The van der Waals surface area contributed by atoms with E-state index in [1.54, 1.807) is 0 Å². The van der Waals surface area contributed by atoms with Crippen LogP contribution in [-0.2, 0) is 0 Å². The third-order valence-electron chi connectivity index (χ3n) is 3.87. The maximum absolute atomic E-state index is 3.73. The molecule has 0 radical (unpaired) electrons. The van der Waals surface area contributed by atoms with Gasteiger partial charge in [0.05, 0.1) is 0 Å². The highest BCUT2D eigenvalue weighted by Gasteiger charge is 2.27. The average Bonchev–Trinajstić information content (AvgIpc) is 3.02. The number of piperidine rings is 1. The lowest BCUT2D eigenvalue weighted by molar-refractivity contribution is 0.183. The molecule has 2 aliphatic rings. The molecule has 16 heavy (non-hydrogen) atoms. The second kappa shape index (κ2) is 6.02. The highest BCUT2D eigenvalue weighted by Crippen LogP contribution is 2.30. The summed E-state index contributed by atoms with van der Waals surface area (Å²) in [6, 6.07) is 0.770. The second-order valence-electron chi connectivity index (χ2n) is 6.18. The van der Waals surface area contributed by atoms with Gasteiger partial charge in [0.1, 0.15) is 0 Å². The quantitative estimate of drug-likeness (QED) is 0.746. The Labute approximate surface area is 101 Å². The molecule has 2 nitrogen and oxygen atoms in total. The van der Waals surface area contributed by atoms with Crippen LogP contribution in [0.2, 0.25) is 0 Å². The van der Waals surface area contributed by atoms with Crippen LogP contribution in [0.4, 0.5) is 0 Å². The summed E-state index contributed by atoms with van der Waals surface area (Å²) in [6.45, 7) is 9.85. The molecule has 2 heteroatoms. The fraction of sp³-hybridized carbons (Fsp3) is 1.00. The number of hydrogen-bond acceptors (Lipinski definition) is 2. The molecule has 1 N–H and O–H groups in total. The summed E-state index contributed by atoms with van der Waals surface area (Å²) in [6.07, 6.45) is 7.08. The SMILES string of the molecule is CC(C)CCNC1CCCN(CC2CC2)C1. The lowest BCUT2D eigenvalue weighted by atomic mass is 10.0. The van der Waals surface area contributed by atoms with E-state index in [4.69, 9.17) is 0 Å². The van der Waals surface area contributed by atoms with Crippen LogP contribution in [-0.4, -0.2) is 37.1 Å². The van der Waals surface area contributed by atoms with Crippen molar-refractivity contribution in [3.05, 3.63) is 0 Å². The summed E-state index contributed by atoms with van der Waals surface area (Å²) in [4.78, 5) is 2.69. The van der Waals surface area contributed by atoms with Crippen molar-refractivity contribution < 1.29 is 0 Å². The molecule has 0 spiro atoms. The molecular formula is C14H28N2. The molecule has 1 heterocycles. The predicted molar refractivity (Wildman–Crippen MR) is 69.6 cm³/mol. The van der Waals surface area contributed by atoms with E-state index in [9.17, 15) is 0 Å². The largest absolute Gasteiger partial charge is 0.313 e. The monoisotopic (exact) mass is 224 g/mol. The summed E-state index contributed by atoms with van der Waals surface area (Å²) in [5, 5.41) is 3.73. The normalized spacial score (nSPS) is 27.6. The summed E-state index contributed by atoms with van der Waals surface area (Å²) in [5.41, 5.74) is 0. The molecule has 0 aromatic rings. The van der Waals surface area contributed by atoms with E-state index < -0.39 is 0 Å². The first-order valence-corrected chi connectivity index (χ1v) is 7.20. The fourth-order valence-corrected chi connectivity index (χ4v) is 2.63. The van der Waals surface area contributed by atoms with Crippen LogP contribution < -0.4 is 5.32 Å². The standard InChI is InChI=1S/C14H28N2/c1-12(2)7-8-15-14-4-3-9-16(11-14)10-13-5-6-13/h12-15H,3-11H2,1-2H3. The van der Waals surface area contributed by atoms with Gasteiger partial charge in [-0.05, 0) is 57.0 Å². The minimum atomic E-state index is 0.770. The topological polar surface area (TPSA) is 15.3 Å². The van der Waals surface area contributed by atoms with Crippen molar-refractivity contribution in [1.82, 2.24) is 10.2 Å². The Morgan fingerprint density at radius 3 is 2.75 bits per heavy atom. The maximum atomic E-state index is 3.73. The van der Waals surface area contributed by atoms with Crippen molar-refractivity contribution in [1.29, 1.82) is 0 Å². The first-order chi connectivity index (χ1) is 7.74. The lowest BCUT2D eigenvalue weighted by Crippen LogP contribution is -2.46. The molecule has 2 fully saturated rings. The molecule has 0 amide bonds. The number of rotatable bonds is 6. The van der Waals surface area contributed by atoms with Gasteiger partial charge in [-0.1, -0.05) is 13.8 Å². The van der Waals surface area contributed by atoms with Gasteiger partial charge in [0.25, 0.3) is 0 Å². The van der Waals surface area contributed by atoms with Gasteiger partial charge in [-0.3, -0.25) is 0 Å².